The Bertz CT molecular complexity index is 1370. The van der Waals surface area contributed by atoms with Gasteiger partial charge in [-0.15, -0.1) is 11.3 Å². The summed E-state index contributed by atoms with van der Waals surface area (Å²) in [6, 6.07) is 32.9. The summed E-state index contributed by atoms with van der Waals surface area (Å²) in [5.41, 5.74) is 7.90. The first-order chi connectivity index (χ1) is 14.9. The van der Waals surface area contributed by atoms with Gasteiger partial charge in [-0.1, -0.05) is 72.8 Å². The summed E-state index contributed by atoms with van der Waals surface area (Å²) in [4.78, 5) is 2.62. The Morgan fingerprint density at radius 1 is 0.667 bits per heavy atom. The third-order valence-corrected chi connectivity index (χ3v) is 7.11. The minimum atomic E-state index is 1.09. The number of hydrogen-bond acceptors (Lipinski definition) is 1. The standard InChI is InChI=1S/C28H21NS/c1-2-8-20(9-3-1)27-18-19-28(30-27)21-14-16-22(17-15-21)29-25-12-6-4-10-23(25)24-11-5-7-13-26(24)29/h1-6,8-12,14-19H,7,13H2. The zero-order chi connectivity index (χ0) is 19.9. The van der Waals surface area contributed by atoms with Crippen LogP contribution < -0.4 is 0 Å². The molecule has 30 heavy (non-hydrogen) atoms. The largest absolute Gasteiger partial charge is 0.313 e. The lowest BCUT2D eigenvalue weighted by Crippen LogP contribution is -2.02. The smallest absolute Gasteiger partial charge is 0.0537 e. The van der Waals surface area contributed by atoms with Gasteiger partial charge >= 0.3 is 0 Å². The summed E-state index contributed by atoms with van der Waals surface area (Å²) in [5.74, 6) is 0. The molecule has 2 heteroatoms. The van der Waals surface area contributed by atoms with Gasteiger partial charge in [-0.3, -0.25) is 0 Å². The third-order valence-electron chi connectivity index (χ3n) is 5.92. The van der Waals surface area contributed by atoms with E-state index in [1.165, 1.54) is 48.7 Å². The Morgan fingerprint density at radius 2 is 1.37 bits per heavy atom. The van der Waals surface area contributed by atoms with Crippen LogP contribution in [0.5, 0.6) is 0 Å². The number of allylic oxidation sites excluding steroid dienone is 1. The summed E-state index contributed by atoms with van der Waals surface area (Å²) in [5, 5.41) is 1.35. The van der Waals surface area contributed by atoms with Crippen LogP contribution in [-0.4, -0.2) is 4.57 Å². The molecule has 0 bridgehead atoms. The van der Waals surface area contributed by atoms with Crippen molar-refractivity contribution < 1.29 is 0 Å². The topological polar surface area (TPSA) is 4.93 Å². The van der Waals surface area contributed by atoms with Crippen molar-refractivity contribution in [3.63, 3.8) is 0 Å². The number of nitrogens with zero attached hydrogens (tertiary/aromatic N) is 1. The minimum absolute atomic E-state index is 1.09. The predicted molar refractivity (Wildman–Crippen MR) is 129 cm³/mol. The lowest BCUT2D eigenvalue weighted by molar-refractivity contribution is 0.888. The van der Waals surface area contributed by atoms with Gasteiger partial charge in [-0.25, -0.2) is 0 Å². The van der Waals surface area contributed by atoms with E-state index in [-0.39, 0.29) is 0 Å². The molecule has 1 aliphatic rings. The van der Waals surface area contributed by atoms with E-state index in [1.807, 2.05) is 11.3 Å². The monoisotopic (exact) mass is 403 g/mol. The second-order valence-electron chi connectivity index (χ2n) is 7.73. The molecule has 1 nitrogen and oxygen atoms in total. The van der Waals surface area contributed by atoms with Crippen molar-refractivity contribution in [1.29, 1.82) is 0 Å². The molecule has 6 rings (SSSR count). The number of fused-ring (bicyclic) bond motifs is 3. The average Bonchev–Trinajstić information content (AvgIpc) is 3.43. The van der Waals surface area contributed by atoms with E-state index in [9.17, 15) is 0 Å². The lowest BCUT2D eigenvalue weighted by Gasteiger charge is -2.13. The van der Waals surface area contributed by atoms with Gasteiger partial charge in [0.1, 0.15) is 0 Å². The van der Waals surface area contributed by atoms with Gasteiger partial charge in [-0.05, 0) is 54.3 Å². The number of hydrogen-bond donors (Lipinski definition) is 0. The molecule has 0 spiro atoms. The molecular weight excluding hydrogens is 382 g/mol. The molecule has 0 atom stereocenters. The van der Waals surface area contributed by atoms with E-state index in [0.717, 1.165) is 12.8 Å². The Balaban J connectivity index is 1.41. The highest BCUT2D eigenvalue weighted by Crippen LogP contribution is 2.37. The Kier molecular flexibility index (Phi) is 4.17. The number of rotatable bonds is 3. The van der Waals surface area contributed by atoms with Crippen molar-refractivity contribution in [2.75, 3.05) is 0 Å². The molecule has 3 aromatic carbocycles. The van der Waals surface area contributed by atoms with E-state index < -0.39 is 0 Å². The Hall–Kier alpha value is -3.36. The van der Waals surface area contributed by atoms with Crippen molar-refractivity contribution in [2.24, 2.45) is 0 Å². The zero-order valence-electron chi connectivity index (χ0n) is 16.6. The maximum Gasteiger partial charge on any atom is 0.0537 e. The fourth-order valence-corrected chi connectivity index (χ4v) is 5.51. The first-order valence-corrected chi connectivity index (χ1v) is 11.2. The van der Waals surface area contributed by atoms with Crippen LogP contribution in [0.15, 0.2) is 97.1 Å². The van der Waals surface area contributed by atoms with Gasteiger partial charge in [0.25, 0.3) is 0 Å². The highest BCUT2D eigenvalue weighted by Gasteiger charge is 2.18. The van der Waals surface area contributed by atoms with Crippen LogP contribution in [0.3, 0.4) is 0 Å². The fourth-order valence-electron chi connectivity index (χ4n) is 4.49. The lowest BCUT2D eigenvalue weighted by atomic mass is 10.0. The van der Waals surface area contributed by atoms with Crippen molar-refractivity contribution in [2.45, 2.75) is 12.8 Å². The minimum Gasteiger partial charge on any atom is -0.313 e. The molecule has 5 aromatic rings. The van der Waals surface area contributed by atoms with Crippen LogP contribution in [0, 0.1) is 0 Å². The van der Waals surface area contributed by atoms with Crippen LogP contribution in [0.4, 0.5) is 0 Å². The van der Waals surface area contributed by atoms with Gasteiger partial charge in [0, 0.05) is 32.1 Å². The van der Waals surface area contributed by atoms with Crippen LogP contribution in [0.25, 0.3) is 43.5 Å². The molecule has 0 fully saturated rings. The normalized spacial score (nSPS) is 12.9. The molecule has 2 aromatic heterocycles. The Morgan fingerprint density at radius 3 is 2.17 bits per heavy atom. The molecular formula is C28H21NS. The summed E-state index contributed by atoms with van der Waals surface area (Å²) in [7, 11) is 0. The summed E-state index contributed by atoms with van der Waals surface area (Å²) >= 11 is 1.85. The second kappa shape index (κ2) is 7.16. The SMILES string of the molecule is C1=Cc2c(n(-c3ccc(-c4ccc(-c5ccccc5)s4)cc3)c3ccccc23)CC1. The van der Waals surface area contributed by atoms with Crippen molar-refractivity contribution >= 4 is 28.3 Å². The summed E-state index contributed by atoms with van der Waals surface area (Å²) in [6.45, 7) is 0. The number of thiophene rings is 1. The van der Waals surface area contributed by atoms with Crippen LogP contribution in [0.2, 0.25) is 0 Å². The molecule has 1 aliphatic carbocycles. The number of para-hydroxylation sites is 1. The zero-order valence-corrected chi connectivity index (χ0v) is 17.4. The van der Waals surface area contributed by atoms with Crippen LogP contribution in [0.1, 0.15) is 17.7 Å². The molecule has 0 saturated heterocycles. The maximum atomic E-state index is 2.45. The van der Waals surface area contributed by atoms with Crippen LogP contribution >= 0.6 is 11.3 Å². The van der Waals surface area contributed by atoms with E-state index in [1.54, 1.807) is 0 Å². The number of aromatic nitrogens is 1. The molecule has 2 heterocycles. The molecule has 0 unspecified atom stereocenters. The highest BCUT2D eigenvalue weighted by molar-refractivity contribution is 7.18. The predicted octanol–water partition coefficient (Wildman–Crippen LogP) is 7.99. The Labute approximate surface area is 180 Å². The molecule has 0 saturated carbocycles. The maximum absolute atomic E-state index is 2.45. The second-order valence-corrected chi connectivity index (χ2v) is 8.81. The van der Waals surface area contributed by atoms with Gasteiger partial charge in [0.05, 0.1) is 5.52 Å². The van der Waals surface area contributed by atoms with Gasteiger partial charge in [-0.2, -0.15) is 0 Å². The van der Waals surface area contributed by atoms with E-state index >= 15 is 0 Å². The molecule has 0 N–H and O–H groups in total. The van der Waals surface area contributed by atoms with Crippen molar-refractivity contribution in [3.8, 4) is 26.6 Å². The third kappa shape index (κ3) is 2.84. The van der Waals surface area contributed by atoms with Crippen molar-refractivity contribution in [3.05, 3.63) is 108 Å². The van der Waals surface area contributed by atoms with E-state index in [4.69, 9.17) is 0 Å². The van der Waals surface area contributed by atoms with Gasteiger partial charge in [0.2, 0.25) is 0 Å². The molecule has 0 aliphatic heterocycles. The summed E-state index contributed by atoms with van der Waals surface area (Å²) < 4.78 is 2.45. The molecule has 144 valence electrons. The average molecular weight is 404 g/mol. The van der Waals surface area contributed by atoms with Gasteiger partial charge < -0.3 is 4.57 Å². The summed E-state index contributed by atoms with van der Waals surface area (Å²) in [6.07, 6.45) is 6.79. The first-order valence-electron chi connectivity index (χ1n) is 10.4. The van der Waals surface area contributed by atoms with E-state index in [2.05, 4.69) is 108 Å². The number of benzene rings is 3. The first kappa shape index (κ1) is 17.5. The van der Waals surface area contributed by atoms with Crippen LogP contribution in [-0.2, 0) is 6.42 Å². The fraction of sp³-hybridized carbons (Fsp3) is 0.0714. The molecule has 0 amide bonds. The van der Waals surface area contributed by atoms with Crippen molar-refractivity contribution in [1.82, 2.24) is 4.57 Å². The molecule has 0 radical (unpaired) electrons. The highest BCUT2D eigenvalue weighted by atomic mass is 32.1. The quantitative estimate of drug-likeness (QED) is 0.288. The van der Waals surface area contributed by atoms with Gasteiger partial charge in [0.15, 0.2) is 0 Å². The van der Waals surface area contributed by atoms with E-state index in [0.29, 0.717) is 0 Å².